The average Bonchev–Trinajstić information content (AvgIpc) is 2.60. The standard InChI is InChI=1S/C19H19ClN2/c1-19(2)13-15(12-11-14-7-3-4-8-16(14)20)21-17-9-5-6-10-18(17)22-19/h3-12,22H,13H2,1-2H3/b12-11+. The molecule has 22 heavy (non-hydrogen) atoms. The molecule has 0 aromatic heterocycles. The highest BCUT2D eigenvalue weighted by Gasteiger charge is 2.23. The van der Waals surface area contributed by atoms with E-state index in [1.54, 1.807) is 0 Å². The highest BCUT2D eigenvalue weighted by Crippen LogP contribution is 2.32. The Morgan fingerprint density at radius 1 is 1.05 bits per heavy atom. The molecule has 0 atom stereocenters. The van der Waals surface area contributed by atoms with E-state index in [9.17, 15) is 0 Å². The summed E-state index contributed by atoms with van der Waals surface area (Å²) >= 11 is 6.21. The van der Waals surface area contributed by atoms with Crippen LogP contribution >= 0.6 is 11.6 Å². The molecule has 0 saturated heterocycles. The summed E-state index contributed by atoms with van der Waals surface area (Å²) < 4.78 is 0. The highest BCUT2D eigenvalue weighted by atomic mass is 35.5. The van der Waals surface area contributed by atoms with E-state index in [2.05, 4.69) is 31.3 Å². The molecule has 1 aliphatic rings. The Morgan fingerprint density at radius 3 is 2.59 bits per heavy atom. The van der Waals surface area contributed by atoms with E-state index >= 15 is 0 Å². The van der Waals surface area contributed by atoms with Crippen LogP contribution in [0.5, 0.6) is 0 Å². The second-order valence-electron chi connectivity index (χ2n) is 6.16. The van der Waals surface area contributed by atoms with E-state index in [1.807, 2.05) is 48.5 Å². The minimum Gasteiger partial charge on any atom is -0.378 e. The molecule has 1 heterocycles. The number of hydrogen-bond donors (Lipinski definition) is 1. The first-order valence-electron chi connectivity index (χ1n) is 7.41. The monoisotopic (exact) mass is 310 g/mol. The van der Waals surface area contributed by atoms with Crippen LogP contribution in [-0.4, -0.2) is 11.3 Å². The number of hydrogen-bond acceptors (Lipinski definition) is 2. The highest BCUT2D eigenvalue weighted by molar-refractivity contribution is 6.32. The van der Waals surface area contributed by atoms with Crippen molar-refractivity contribution in [2.24, 2.45) is 4.99 Å². The third-order valence-electron chi connectivity index (χ3n) is 3.62. The number of nitrogens with zero attached hydrogens (tertiary/aromatic N) is 1. The van der Waals surface area contributed by atoms with Crippen molar-refractivity contribution in [3.63, 3.8) is 0 Å². The molecule has 1 N–H and O–H groups in total. The number of allylic oxidation sites excluding steroid dienone is 1. The number of fused-ring (bicyclic) bond motifs is 1. The molecule has 112 valence electrons. The van der Waals surface area contributed by atoms with E-state index in [-0.39, 0.29) is 5.54 Å². The van der Waals surface area contributed by atoms with Gasteiger partial charge < -0.3 is 5.32 Å². The zero-order valence-electron chi connectivity index (χ0n) is 12.8. The SMILES string of the molecule is CC1(C)CC(/C=C/c2ccccc2Cl)=Nc2ccccc2N1. The molecule has 0 radical (unpaired) electrons. The van der Waals surface area contributed by atoms with E-state index in [0.717, 1.165) is 34.1 Å². The molecule has 1 aliphatic heterocycles. The largest absolute Gasteiger partial charge is 0.378 e. The molecule has 2 aromatic rings. The molecule has 0 amide bonds. The van der Waals surface area contributed by atoms with E-state index < -0.39 is 0 Å². The van der Waals surface area contributed by atoms with Gasteiger partial charge in [0.15, 0.2) is 0 Å². The fraction of sp³-hybridized carbons (Fsp3) is 0.211. The molecular weight excluding hydrogens is 292 g/mol. The van der Waals surface area contributed by atoms with Gasteiger partial charge in [-0.2, -0.15) is 0 Å². The van der Waals surface area contributed by atoms with Gasteiger partial charge in [-0.15, -0.1) is 0 Å². The van der Waals surface area contributed by atoms with Crippen LogP contribution < -0.4 is 5.32 Å². The predicted octanol–water partition coefficient (Wildman–Crippen LogP) is 5.72. The van der Waals surface area contributed by atoms with Gasteiger partial charge in [0, 0.05) is 22.7 Å². The Balaban J connectivity index is 1.96. The Kier molecular flexibility index (Phi) is 4.04. The summed E-state index contributed by atoms with van der Waals surface area (Å²) in [5.41, 5.74) is 4.06. The quantitative estimate of drug-likeness (QED) is 0.753. The maximum absolute atomic E-state index is 6.21. The smallest absolute Gasteiger partial charge is 0.0864 e. The van der Waals surface area contributed by atoms with Crippen molar-refractivity contribution in [1.29, 1.82) is 0 Å². The second-order valence-corrected chi connectivity index (χ2v) is 6.57. The van der Waals surface area contributed by atoms with Crippen LogP contribution in [0, 0.1) is 0 Å². The Labute approximate surface area is 136 Å². The molecule has 2 nitrogen and oxygen atoms in total. The number of aliphatic imine (C=N–C) groups is 1. The van der Waals surface area contributed by atoms with E-state index in [0.29, 0.717) is 0 Å². The predicted molar refractivity (Wildman–Crippen MR) is 96.3 cm³/mol. The molecule has 3 rings (SSSR count). The van der Waals surface area contributed by atoms with Gasteiger partial charge in [0.25, 0.3) is 0 Å². The summed E-state index contributed by atoms with van der Waals surface area (Å²) in [5, 5.41) is 4.32. The number of anilines is 1. The molecule has 0 unspecified atom stereocenters. The molecule has 0 saturated carbocycles. The van der Waals surface area contributed by atoms with Crippen LogP contribution in [0.2, 0.25) is 5.02 Å². The third kappa shape index (κ3) is 3.40. The maximum Gasteiger partial charge on any atom is 0.0864 e. The van der Waals surface area contributed by atoms with Crippen LogP contribution in [-0.2, 0) is 0 Å². The number of halogens is 1. The van der Waals surface area contributed by atoms with Crippen molar-refractivity contribution in [3.8, 4) is 0 Å². The van der Waals surface area contributed by atoms with Gasteiger partial charge in [-0.3, -0.25) is 4.99 Å². The minimum absolute atomic E-state index is 0.0454. The van der Waals surface area contributed by atoms with Crippen LogP contribution in [0.25, 0.3) is 6.08 Å². The Hall–Kier alpha value is -2.06. The van der Waals surface area contributed by atoms with Gasteiger partial charge >= 0.3 is 0 Å². The van der Waals surface area contributed by atoms with Crippen molar-refractivity contribution in [3.05, 3.63) is 65.2 Å². The Bertz CT molecular complexity index is 745. The number of para-hydroxylation sites is 2. The summed E-state index contributed by atoms with van der Waals surface area (Å²) in [6, 6.07) is 16.0. The fourth-order valence-corrected chi connectivity index (χ4v) is 2.82. The van der Waals surface area contributed by atoms with E-state index in [4.69, 9.17) is 16.6 Å². The van der Waals surface area contributed by atoms with Crippen LogP contribution in [0.4, 0.5) is 11.4 Å². The second kappa shape index (κ2) is 5.98. The molecule has 0 aliphatic carbocycles. The Morgan fingerprint density at radius 2 is 1.77 bits per heavy atom. The lowest BCUT2D eigenvalue weighted by Crippen LogP contribution is -2.32. The minimum atomic E-state index is -0.0454. The van der Waals surface area contributed by atoms with Gasteiger partial charge in [0.2, 0.25) is 0 Å². The fourth-order valence-electron chi connectivity index (χ4n) is 2.63. The maximum atomic E-state index is 6.21. The van der Waals surface area contributed by atoms with Crippen molar-refractivity contribution in [1.82, 2.24) is 0 Å². The van der Waals surface area contributed by atoms with Crippen molar-refractivity contribution < 1.29 is 0 Å². The summed E-state index contributed by atoms with van der Waals surface area (Å²) in [6.45, 7) is 4.38. The molecule has 0 bridgehead atoms. The number of benzene rings is 2. The first kappa shape index (κ1) is 14.9. The van der Waals surface area contributed by atoms with Gasteiger partial charge in [-0.1, -0.05) is 48.0 Å². The first-order chi connectivity index (χ1) is 10.5. The summed E-state index contributed by atoms with van der Waals surface area (Å²) in [4.78, 5) is 4.80. The third-order valence-corrected chi connectivity index (χ3v) is 3.97. The van der Waals surface area contributed by atoms with Gasteiger partial charge in [0.1, 0.15) is 0 Å². The molecule has 0 spiro atoms. The lowest BCUT2D eigenvalue weighted by atomic mass is 9.96. The zero-order valence-corrected chi connectivity index (χ0v) is 13.6. The topological polar surface area (TPSA) is 24.4 Å². The average molecular weight is 311 g/mol. The van der Waals surface area contributed by atoms with E-state index in [1.165, 1.54) is 0 Å². The number of rotatable bonds is 2. The van der Waals surface area contributed by atoms with Gasteiger partial charge in [-0.05, 0) is 43.7 Å². The molecular formula is C19H19ClN2. The summed E-state index contributed by atoms with van der Waals surface area (Å²) in [7, 11) is 0. The molecule has 0 fully saturated rings. The van der Waals surface area contributed by atoms with Crippen LogP contribution in [0.3, 0.4) is 0 Å². The molecule has 3 heteroatoms. The molecule has 2 aromatic carbocycles. The first-order valence-corrected chi connectivity index (χ1v) is 7.79. The summed E-state index contributed by atoms with van der Waals surface area (Å²) in [5.74, 6) is 0. The van der Waals surface area contributed by atoms with Crippen molar-refractivity contribution in [2.45, 2.75) is 25.8 Å². The lowest BCUT2D eigenvalue weighted by Gasteiger charge is -2.25. The summed E-state index contributed by atoms with van der Waals surface area (Å²) in [6.07, 6.45) is 4.94. The normalized spacial score (nSPS) is 16.6. The van der Waals surface area contributed by atoms with Crippen molar-refractivity contribution >= 4 is 34.8 Å². The van der Waals surface area contributed by atoms with Crippen LogP contribution in [0.1, 0.15) is 25.8 Å². The lowest BCUT2D eigenvalue weighted by molar-refractivity contribution is 0.596. The zero-order chi connectivity index (χ0) is 15.6. The van der Waals surface area contributed by atoms with Crippen molar-refractivity contribution in [2.75, 3.05) is 5.32 Å². The van der Waals surface area contributed by atoms with Crippen LogP contribution in [0.15, 0.2) is 59.6 Å². The van der Waals surface area contributed by atoms with Gasteiger partial charge in [-0.25, -0.2) is 0 Å². The van der Waals surface area contributed by atoms with Gasteiger partial charge in [0.05, 0.1) is 11.4 Å². The number of nitrogens with one attached hydrogen (secondary N) is 1.